The predicted molar refractivity (Wildman–Crippen MR) is 79.2 cm³/mol. The SMILES string of the molecule is CCCCCC(C)(CN)C(CCCC)C(C)C. The number of hydrogen-bond acceptors (Lipinski definition) is 1. The molecular formula is C16H35N. The van der Waals surface area contributed by atoms with Crippen LogP contribution in [0.2, 0.25) is 0 Å². The first-order valence-electron chi connectivity index (χ1n) is 7.71. The fourth-order valence-corrected chi connectivity index (χ4v) is 3.13. The van der Waals surface area contributed by atoms with Gasteiger partial charge in [-0.05, 0) is 36.6 Å². The molecule has 0 amide bonds. The summed E-state index contributed by atoms with van der Waals surface area (Å²) < 4.78 is 0. The van der Waals surface area contributed by atoms with E-state index in [4.69, 9.17) is 5.73 Å². The van der Waals surface area contributed by atoms with Gasteiger partial charge in [0.2, 0.25) is 0 Å². The Hall–Kier alpha value is -0.0400. The highest BCUT2D eigenvalue weighted by atomic mass is 14.6. The van der Waals surface area contributed by atoms with Crippen molar-refractivity contribution >= 4 is 0 Å². The molecule has 2 N–H and O–H groups in total. The second-order valence-electron chi connectivity index (χ2n) is 6.31. The van der Waals surface area contributed by atoms with E-state index < -0.39 is 0 Å². The molecule has 0 fully saturated rings. The fourth-order valence-electron chi connectivity index (χ4n) is 3.13. The highest BCUT2D eigenvalue weighted by molar-refractivity contribution is 4.85. The molecular weight excluding hydrogens is 206 g/mol. The lowest BCUT2D eigenvalue weighted by molar-refractivity contribution is 0.114. The summed E-state index contributed by atoms with van der Waals surface area (Å²) in [5, 5.41) is 0. The lowest BCUT2D eigenvalue weighted by atomic mass is 9.67. The van der Waals surface area contributed by atoms with Crippen LogP contribution >= 0.6 is 0 Å². The first kappa shape index (κ1) is 17.0. The van der Waals surface area contributed by atoms with Crippen LogP contribution in [0.25, 0.3) is 0 Å². The molecule has 0 radical (unpaired) electrons. The van der Waals surface area contributed by atoms with E-state index >= 15 is 0 Å². The molecule has 1 nitrogen and oxygen atoms in total. The van der Waals surface area contributed by atoms with Gasteiger partial charge in [-0.25, -0.2) is 0 Å². The normalized spacial score (nSPS) is 17.1. The van der Waals surface area contributed by atoms with Crippen LogP contribution in [-0.2, 0) is 0 Å². The van der Waals surface area contributed by atoms with Gasteiger partial charge in [0.05, 0.1) is 0 Å². The molecule has 0 aromatic carbocycles. The third-order valence-corrected chi connectivity index (χ3v) is 4.39. The van der Waals surface area contributed by atoms with Crippen LogP contribution in [0.3, 0.4) is 0 Å². The Morgan fingerprint density at radius 1 is 1.00 bits per heavy atom. The molecule has 104 valence electrons. The molecule has 0 saturated carbocycles. The number of hydrogen-bond donors (Lipinski definition) is 1. The third-order valence-electron chi connectivity index (χ3n) is 4.39. The molecule has 17 heavy (non-hydrogen) atoms. The fraction of sp³-hybridized carbons (Fsp3) is 1.00. The van der Waals surface area contributed by atoms with Crippen LogP contribution < -0.4 is 5.73 Å². The zero-order chi connectivity index (χ0) is 13.3. The molecule has 0 rings (SSSR count). The van der Waals surface area contributed by atoms with E-state index in [1.807, 2.05) is 0 Å². The summed E-state index contributed by atoms with van der Waals surface area (Å²) in [4.78, 5) is 0. The zero-order valence-electron chi connectivity index (χ0n) is 12.9. The van der Waals surface area contributed by atoms with E-state index in [2.05, 4.69) is 34.6 Å². The molecule has 0 saturated heterocycles. The summed E-state index contributed by atoms with van der Waals surface area (Å²) in [7, 11) is 0. The smallest absolute Gasteiger partial charge is 0.00204 e. The summed E-state index contributed by atoms with van der Waals surface area (Å²) >= 11 is 0. The molecule has 2 unspecified atom stereocenters. The molecule has 0 heterocycles. The third kappa shape index (κ3) is 5.90. The Kier molecular flexibility index (Phi) is 8.94. The molecule has 0 aliphatic heterocycles. The Morgan fingerprint density at radius 2 is 1.59 bits per heavy atom. The predicted octanol–water partition coefficient (Wildman–Crippen LogP) is 4.99. The van der Waals surface area contributed by atoms with Gasteiger partial charge in [-0.2, -0.15) is 0 Å². The average Bonchev–Trinajstić information content (AvgIpc) is 2.29. The van der Waals surface area contributed by atoms with Gasteiger partial charge in [0, 0.05) is 0 Å². The standard InChI is InChI=1S/C16H35N/c1-6-8-10-12-16(5,13-17)15(14(3)4)11-9-7-2/h14-15H,6-13,17H2,1-5H3. The van der Waals surface area contributed by atoms with Gasteiger partial charge in [-0.3, -0.25) is 0 Å². The molecule has 2 atom stereocenters. The summed E-state index contributed by atoms with van der Waals surface area (Å²) in [6, 6.07) is 0. The monoisotopic (exact) mass is 241 g/mol. The lowest BCUT2D eigenvalue weighted by Gasteiger charge is -2.40. The van der Waals surface area contributed by atoms with Gasteiger partial charge < -0.3 is 5.73 Å². The minimum atomic E-state index is 0.360. The Labute approximate surface area is 110 Å². The molecule has 0 spiro atoms. The first-order chi connectivity index (χ1) is 8.01. The van der Waals surface area contributed by atoms with Crippen LogP contribution in [-0.4, -0.2) is 6.54 Å². The van der Waals surface area contributed by atoms with E-state index in [-0.39, 0.29) is 0 Å². The van der Waals surface area contributed by atoms with Crippen molar-refractivity contribution in [1.29, 1.82) is 0 Å². The molecule has 0 aromatic heterocycles. The summed E-state index contributed by atoms with van der Waals surface area (Å²) in [6.07, 6.45) is 9.33. The minimum absolute atomic E-state index is 0.360. The van der Waals surface area contributed by atoms with E-state index in [0.29, 0.717) is 5.41 Å². The lowest BCUT2D eigenvalue weighted by Crippen LogP contribution is -2.38. The topological polar surface area (TPSA) is 26.0 Å². The van der Waals surface area contributed by atoms with Crippen molar-refractivity contribution in [2.45, 2.75) is 79.6 Å². The van der Waals surface area contributed by atoms with Crippen LogP contribution in [0.4, 0.5) is 0 Å². The molecule has 0 bridgehead atoms. The quantitative estimate of drug-likeness (QED) is 0.535. The van der Waals surface area contributed by atoms with Crippen molar-refractivity contribution in [1.82, 2.24) is 0 Å². The maximum Gasteiger partial charge on any atom is -0.00204 e. The summed E-state index contributed by atoms with van der Waals surface area (Å²) in [5.74, 6) is 1.56. The van der Waals surface area contributed by atoms with E-state index in [9.17, 15) is 0 Å². The molecule has 1 heteroatoms. The van der Waals surface area contributed by atoms with Gasteiger partial charge in [-0.15, -0.1) is 0 Å². The summed E-state index contributed by atoms with van der Waals surface area (Å²) in [6.45, 7) is 12.6. The van der Waals surface area contributed by atoms with Gasteiger partial charge in [0.25, 0.3) is 0 Å². The van der Waals surface area contributed by atoms with E-state index in [1.165, 1.54) is 44.9 Å². The molecule has 0 aliphatic rings. The Bertz CT molecular complexity index is 176. The maximum absolute atomic E-state index is 6.10. The highest BCUT2D eigenvalue weighted by Gasteiger charge is 2.33. The second-order valence-corrected chi connectivity index (χ2v) is 6.31. The Balaban J connectivity index is 4.49. The van der Waals surface area contributed by atoms with Gasteiger partial charge >= 0.3 is 0 Å². The van der Waals surface area contributed by atoms with Crippen molar-refractivity contribution in [2.24, 2.45) is 23.0 Å². The van der Waals surface area contributed by atoms with Crippen molar-refractivity contribution in [3.63, 3.8) is 0 Å². The van der Waals surface area contributed by atoms with Crippen LogP contribution in [0.15, 0.2) is 0 Å². The largest absolute Gasteiger partial charge is 0.330 e. The summed E-state index contributed by atoms with van der Waals surface area (Å²) in [5.41, 5.74) is 6.46. The van der Waals surface area contributed by atoms with Gasteiger partial charge in [0.1, 0.15) is 0 Å². The molecule has 0 aliphatic carbocycles. The van der Waals surface area contributed by atoms with Crippen molar-refractivity contribution < 1.29 is 0 Å². The van der Waals surface area contributed by atoms with Gasteiger partial charge in [0.15, 0.2) is 0 Å². The van der Waals surface area contributed by atoms with Crippen LogP contribution in [0, 0.1) is 17.3 Å². The number of nitrogens with two attached hydrogens (primary N) is 1. The van der Waals surface area contributed by atoms with Crippen LogP contribution in [0.5, 0.6) is 0 Å². The number of unbranched alkanes of at least 4 members (excludes halogenated alkanes) is 3. The van der Waals surface area contributed by atoms with E-state index in [1.54, 1.807) is 0 Å². The molecule has 0 aromatic rings. The van der Waals surface area contributed by atoms with Crippen LogP contribution in [0.1, 0.15) is 79.6 Å². The maximum atomic E-state index is 6.10. The first-order valence-corrected chi connectivity index (χ1v) is 7.71. The van der Waals surface area contributed by atoms with E-state index in [0.717, 1.165) is 18.4 Å². The van der Waals surface area contributed by atoms with Crippen molar-refractivity contribution in [3.05, 3.63) is 0 Å². The highest BCUT2D eigenvalue weighted by Crippen LogP contribution is 2.40. The average molecular weight is 241 g/mol. The van der Waals surface area contributed by atoms with Crippen molar-refractivity contribution in [2.75, 3.05) is 6.54 Å². The zero-order valence-corrected chi connectivity index (χ0v) is 12.9. The van der Waals surface area contributed by atoms with Gasteiger partial charge in [-0.1, -0.05) is 66.7 Å². The Morgan fingerprint density at radius 3 is 2.00 bits per heavy atom. The minimum Gasteiger partial charge on any atom is -0.330 e. The second kappa shape index (κ2) is 8.97. The van der Waals surface area contributed by atoms with Crippen molar-refractivity contribution in [3.8, 4) is 0 Å². The number of rotatable bonds is 10.